The van der Waals surface area contributed by atoms with Gasteiger partial charge in [-0.1, -0.05) is 29.8 Å². The molecule has 0 atom stereocenters. The van der Waals surface area contributed by atoms with Gasteiger partial charge in [-0.15, -0.1) is 0 Å². The Morgan fingerprint density at radius 3 is 2.35 bits per heavy atom. The number of benzene rings is 2. The van der Waals surface area contributed by atoms with Crippen LogP contribution in [0.4, 0.5) is 11.4 Å². The van der Waals surface area contributed by atoms with Crippen molar-refractivity contribution in [2.24, 2.45) is 0 Å². The SMILES string of the molecule is CC(=O)N(C)c1ccc(CC(=O)Nc2ccc(C)c(Cl)c2)cc1. The van der Waals surface area contributed by atoms with Gasteiger partial charge in [-0.25, -0.2) is 0 Å². The molecule has 2 aromatic carbocycles. The largest absolute Gasteiger partial charge is 0.326 e. The second-order valence-electron chi connectivity index (χ2n) is 5.43. The van der Waals surface area contributed by atoms with Crippen molar-refractivity contribution < 1.29 is 9.59 Å². The van der Waals surface area contributed by atoms with E-state index in [4.69, 9.17) is 11.6 Å². The van der Waals surface area contributed by atoms with Crippen LogP contribution < -0.4 is 10.2 Å². The number of amides is 2. The van der Waals surface area contributed by atoms with E-state index in [1.54, 1.807) is 18.0 Å². The van der Waals surface area contributed by atoms with Crippen LogP contribution in [0.2, 0.25) is 5.02 Å². The van der Waals surface area contributed by atoms with E-state index in [0.29, 0.717) is 10.7 Å². The maximum Gasteiger partial charge on any atom is 0.228 e. The Labute approximate surface area is 141 Å². The van der Waals surface area contributed by atoms with Gasteiger partial charge in [0.1, 0.15) is 0 Å². The second kappa shape index (κ2) is 7.29. The van der Waals surface area contributed by atoms with Gasteiger partial charge in [0.2, 0.25) is 11.8 Å². The summed E-state index contributed by atoms with van der Waals surface area (Å²) in [6.07, 6.45) is 0.259. The predicted molar refractivity (Wildman–Crippen MR) is 94.0 cm³/mol. The fraction of sp³-hybridized carbons (Fsp3) is 0.222. The van der Waals surface area contributed by atoms with Gasteiger partial charge in [-0.05, 0) is 42.3 Å². The molecule has 0 radical (unpaired) electrons. The van der Waals surface area contributed by atoms with E-state index < -0.39 is 0 Å². The second-order valence-corrected chi connectivity index (χ2v) is 5.84. The Balaban J connectivity index is 2.00. The predicted octanol–water partition coefficient (Wildman–Crippen LogP) is 3.81. The zero-order valence-electron chi connectivity index (χ0n) is 13.4. The minimum atomic E-state index is -0.113. The molecule has 120 valence electrons. The minimum Gasteiger partial charge on any atom is -0.326 e. The fourth-order valence-electron chi connectivity index (χ4n) is 2.08. The number of hydrogen-bond donors (Lipinski definition) is 1. The minimum absolute atomic E-state index is 0.0354. The van der Waals surface area contributed by atoms with Gasteiger partial charge in [0, 0.05) is 30.4 Å². The van der Waals surface area contributed by atoms with Crippen LogP contribution in [-0.2, 0) is 16.0 Å². The van der Waals surface area contributed by atoms with Crippen LogP contribution in [0.5, 0.6) is 0 Å². The molecule has 4 nitrogen and oxygen atoms in total. The maximum atomic E-state index is 12.1. The van der Waals surface area contributed by atoms with Gasteiger partial charge in [0.25, 0.3) is 0 Å². The van der Waals surface area contributed by atoms with Crippen LogP contribution in [0.3, 0.4) is 0 Å². The van der Waals surface area contributed by atoms with Crippen molar-refractivity contribution in [3.8, 4) is 0 Å². The summed E-state index contributed by atoms with van der Waals surface area (Å²) in [5.41, 5.74) is 3.32. The molecule has 0 aliphatic rings. The standard InChI is InChI=1S/C18H19ClN2O2/c1-12-4-7-15(11-17(12)19)20-18(23)10-14-5-8-16(9-6-14)21(3)13(2)22/h4-9,11H,10H2,1-3H3,(H,20,23). The molecule has 0 bridgehead atoms. The zero-order valence-corrected chi connectivity index (χ0v) is 14.1. The lowest BCUT2D eigenvalue weighted by Gasteiger charge is -2.15. The van der Waals surface area contributed by atoms with Gasteiger partial charge < -0.3 is 10.2 Å². The first kappa shape index (κ1) is 17.0. The molecule has 2 rings (SSSR count). The van der Waals surface area contributed by atoms with Crippen LogP contribution in [0.1, 0.15) is 18.1 Å². The van der Waals surface area contributed by atoms with E-state index in [1.807, 2.05) is 43.3 Å². The molecule has 0 saturated heterocycles. The van der Waals surface area contributed by atoms with Crippen molar-refractivity contribution in [3.63, 3.8) is 0 Å². The van der Waals surface area contributed by atoms with Gasteiger partial charge in [-0.2, -0.15) is 0 Å². The molecule has 0 spiro atoms. The van der Waals surface area contributed by atoms with E-state index >= 15 is 0 Å². The van der Waals surface area contributed by atoms with Crippen molar-refractivity contribution in [1.82, 2.24) is 0 Å². The number of rotatable bonds is 4. The first-order chi connectivity index (χ1) is 10.9. The Bertz CT molecular complexity index is 726. The third-order valence-corrected chi connectivity index (χ3v) is 4.02. The van der Waals surface area contributed by atoms with Gasteiger partial charge in [0.15, 0.2) is 0 Å². The normalized spacial score (nSPS) is 10.3. The van der Waals surface area contributed by atoms with E-state index in [0.717, 1.165) is 16.8 Å². The Morgan fingerprint density at radius 1 is 1.13 bits per heavy atom. The van der Waals surface area contributed by atoms with Crippen LogP contribution >= 0.6 is 11.6 Å². The third-order valence-electron chi connectivity index (χ3n) is 3.62. The molecule has 0 heterocycles. The molecule has 0 fully saturated rings. The molecule has 0 unspecified atom stereocenters. The van der Waals surface area contributed by atoms with Crippen molar-refractivity contribution in [3.05, 3.63) is 58.6 Å². The lowest BCUT2D eigenvalue weighted by atomic mass is 10.1. The average Bonchev–Trinajstić information content (AvgIpc) is 2.51. The van der Waals surface area contributed by atoms with Crippen LogP contribution in [0.25, 0.3) is 0 Å². The highest BCUT2D eigenvalue weighted by Gasteiger charge is 2.08. The van der Waals surface area contributed by atoms with Gasteiger partial charge >= 0.3 is 0 Å². The molecule has 0 aliphatic heterocycles. The van der Waals surface area contributed by atoms with Crippen LogP contribution in [0, 0.1) is 6.92 Å². The van der Waals surface area contributed by atoms with Crippen molar-refractivity contribution >= 4 is 34.8 Å². The van der Waals surface area contributed by atoms with E-state index in [1.165, 1.54) is 6.92 Å². The van der Waals surface area contributed by atoms with E-state index in [2.05, 4.69) is 5.32 Å². The summed E-state index contributed by atoms with van der Waals surface area (Å²) in [5, 5.41) is 3.45. The fourth-order valence-corrected chi connectivity index (χ4v) is 2.26. The molecule has 2 aromatic rings. The lowest BCUT2D eigenvalue weighted by molar-refractivity contribution is -0.116. The van der Waals surface area contributed by atoms with Crippen molar-refractivity contribution in [1.29, 1.82) is 0 Å². The van der Waals surface area contributed by atoms with E-state index in [9.17, 15) is 9.59 Å². The summed E-state index contributed by atoms with van der Waals surface area (Å²) in [5.74, 6) is -0.149. The van der Waals surface area contributed by atoms with Crippen molar-refractivity contribution in [2.45, 2.75) is 20.3 Å². The molecule has 2 amide bonds. The van der Waals surface area contributed by atoms with Crippen molar-refractivity contribution in [2.75, 3.05) is 17.3 Å². The molecular weight excluding hydrogens is 312 g/mol. The highest BCUT2D eigenvalue weighted by molar-refractivity contribution is 6.31. The first-order valence-corrected chi connectivity index (χ1v) is 7.64. The smallest absolute Gasteiger partial charge is 0.228 e. The third kappa shape index (κ3) is 4.57. The highest BCUT2D eigenvalue weighted by atomic mass is 35.5. The van der Waals surface area contributed by atoms with E-state index in [-0.39, 0.29) is 18.2 Å². The number of halogens is 1. The molecule has 0 aromatic heterocycles. The summed E-state index contributed by atoms with van der Waals surface area (Å²) in [6.45, 7) is 3.42. The number of aryl methyl sites for hydroxylation is 1. The number of carbonyl (C=O) groups excluding carboxylic acids is 2. The Morgan fingerprint density at radius 2 is 1.78 bits per heavy atom. The Hall–Kier alpha value is -2.33. The number of carbonyl (C=O) groups is 2. The quantitative estimate of drug-likeness (QED) is 0.926. The molecule has 23 heavy (non-hydrogen) atoms. The average molecular weight is 331 g/mol. The van der Waals surface area contributed by atoms with Crippen LogP contribution in [-0.4, -0.2) is 18.9 Å². The number of hydrogen-bond acceptors (Lipinski definition) is 2. The summed E-state index contributed by atoms with van der Waals surface area (Å²) >= 11 is 6.05. The maximum absolute atomic E-state index is 12.1. The first-order valence-electron chi connectivity index (χ1n) is 7.26. The topological polar surface area (TPSA) is 49.4 Å². The van der Waals surface area contributed by atoms with Gasteiger partial charge in [0.05, 0.1) is 6.42 Å². The van der Waals surface area contributed by atoms with Gasteiger partial charge in [-0.3, -0.25) is 9.59 Å². The summed E-state index contributed by atoms with van der Waals surface area (Å²) in [7, 11) is 1.71. The lowest BCUT2D eigenvalue weighted by Crippen LogP contribution is -2.22. The summed E-state index contributed by atoms with van der Waals surface area (Å²) in [4.78, 5) is 25.0. The summed E-state index contributed by atoms with van der Waals surface area (Å²) in [6, 6.07) is 12.8. The monoisotopic (exact) mass is 330 g/mol. The molecule has 1 N–H and O–H groups in total. The number of nitrogens with zero attached hydrogens (tertiary/aromatic N) is 1. The summed E-state index contributed by atoms with van der Waals surface area (Å²) < 4.78 is 0. The Kier molecular flexibility index (Phi) is 5.40. The molecule has 5 heteroatoms. The van der Waals surface area contributed by atoms with Crippen LogP contribution in [0.15, 0.2) is 42.5 Å². The highest BCUT2D eigenvalue weighted by Crippen LogP contribution is 2.20. The zero-order chi connectivity index (χ0) is 17.0. The number of nitrogens with one attached hydrogen (secondary N) is 1. The molecule has 0 aliphatic carbocycles. The molecular formula is C18H19ClN2O2. The number of anilines is 2. The molecule has 0 saturated carbocycles.